The third-order valence-corrected chi connectivity index (χ3v) is 2.76. The molecule has 0 N–H and O–H groups in total. The summed E-state index contributed by atoms with van der Waals surface area (Å²) in [5.41, 5.74) is 1.13. The van der Waals surface area contributed by atoms with Gasteiger partial charge in [0, 0.05) is 9.13 Å². The highest BCUT2D eigenvalue weighted by Crippen LogP contribution is 2.26. The van der Waals surface area contributed by atoms with Gasteiger partial charge in [-0.3, -0.25) is 0 Å². The number of benzene rings is 1. The maximum atomic E-state index is 5.39. The number of rotatable bonds is 1. The molecule has 0 aliphatic carbocycles. The summed E-state index contributed by atoms with van der Waals surface area (Å²) in [7, 11) is 0. The summed E-state index contributed by atoms with van der Waals surface area (Å²) in [6, 6.07) is 8.11. The van der Waals surface area contributed by atoms with Gasteiger partial charge < -0.3 is 9.47 Å². The van der Waals surface area contributed by atoms with Crippen LogP contribution in [0.25, 0.3) is 0 Å². The molecule has 0 saturated carbocycles. The van der Waals surface area contributed by atoms with Crippen LogP contribution in [0.1, 0.15) is 11.9 Å². The molecule has 0 aromatic heterocycles. The molecule has 3 heteroatoms. The maximum absolute atomic E-state index is 5.39. The van der Waals surface area contributed by atoms with E-state index in [0.717, 1.165) is 5.56 Å². The van der Waals surface area contributed by atoms with Gasteiger partial charge in [-0.25, -0.2) is 0 Å². The SMILES string of the molecule is Ic1ccccc1C1OCCO1. The molecule has 12 heavy (non-hydrogen) atoms. The molecule has 0 bridgehead atoms. The summed E-state index contributed by atoms with van der Waals surface area (Å²) in [5.74, 6) is 0. The van der Waals surface area contributed by atoms with E-state index >= 15 is 0 Å². The molecule has 1 saturated heterocycles. The molecular weight excluding hydrogens is 267 g/mol. The normalized spacial score (nSPS) is 18.4. The van der Waals surface area contributed by atoms with Crippen LogP contribution in [-0.2, 0) is 9.47 Å². The molecule has 2 nitrogen and oxygen atoms in total. The average Bonchev–Trinajstić information content (AvgIpc) is 2.57. The molecule has 0 amide bonds. The maximum Gasteiger partial charge on any atom is 0.185 e. The van der Waals surface area contributed by atoms with Gasteiger partial charge in [0.05, 0.1) is 13.2 Å². The van der Waals surface area contributed by atoms with Crippen LogP contribution >= 0.6 is 22.6 Å². The molecule has 2 rings (SSSR count). The summed E-state index contributed by atoms with van der Waals surface area (Å²) >= 11 is 2.29. The van der Waals surface area contributed by atoms with Gasteiger partial charge in [0.1, 0.15) is 0 Å². The van der Waals surface area contributed by atoms with Gasteiger partial charge in [0.2, 0.25) is 0 Å². The second kappa shape index (κ2) is 3.72. The van der Waals surface area contributed by atoms with Gasteiger partial charge >= 0.3 is 0 Å². The van der Waals surface area contributed by atoms with E-state index in [0.29, 0.717) is 13.2 Å². The molecule has 1 aromatic carbocycles. The Labute approximate surface area is 85.0 Å². The van der Waals surface area contributed by atoms with Crippen LogP contribution in [0, 0.1) is 3.57 Å². The van der Waals surface area contributed by atoms with Gasteiger partial charge in [-0.05, 0) is 28.7 Å². The van der Waals surface area contributed by atoms with Gasteiger partial charge in [-0.2, -0.15) is 0 Å². The van der Waals surface area contributed by atoms with Gasteiger partial charge in [0.25, 0.3) is 0 Å². The number of ether oxygens (including phenoxy) is 2. The van der Waals surface area contributed by atoms with Crippen LogP contribution in [0.2, 0.25) is 0 Å². The number of halogens is 1. The fourth-order valence-corrected chi connectivity index (χ4v) is 1.85. The molecule has 1 heterocycles. The molecule has 0 atom stereocenters. The molecule has 0 spiro atoms. The van der Waals surface area contributed by atoms with Crippen molar-refractivity contribution in [1.82, 2.24) is 0 Å². The Hall–Kier alpha value is -0.130. The first-order valence-electron chi connectivity index (χ1n) is 3.85. The minimum absolute atomic E-state index is 0.141. The number of hydrogen-bond acceptors (Lipinski definition) is 2. The van der Waals surface area contributed by atoms with Crippen molar-refractivity contribution in [3.63, 3.8) is 0 Å². The van der Waals surface area contributed by atoms with E-state index in [2.05, 4.69) is 28.7 Å². The Morgan fingerprint density at radius 2 is 1.83 bits per heavy atom. The van der Waals surface area contributed by atoms with Crippen molar-refractivity contribution >= 4 is 22.6 Å². The summed E-state index contributed by atoms with van der Waals surface area (Å²) in [5, 5.41) is 0. The zero-order valence-electron chi connectivity index (χ0n) is 6.50. The summed E-state index contributed by atoms with van der Waals surface area (Å²) in [6.45, 7) is 1.41. The lowest BCUT2D eigenvalue weighted by Crippen LogP contribution is -1.99. The highest BCUT2D eigenvalue weighted by Gasteiger charge is 2.19. The molecule has 1 aromatic rings. The minimum Gasteiger partial charge on any atom is -0.346 e. The predicted molar refractivity (Wildman–Crippen MR) is 53.8 cm³/mol. The quantitative estimate of drug-likeness (QED) is 0.733. The summed E-state index contributed by atoms with van der Waals surface area (Å²) < 4.78 is 12.0. The minimum atomic E-state index is -0.141. The average molecular weight is 276 g/mol. The third kappa shape index (κ3) is 1.62. The Bertz CT molecular complexity index is 269. The molecular formula is C9H9IO2. The number of hydrogen-bond donors (Lipinski definition) is 0. The first-order chi connectivity index (χ1) is 5.88. The Morgan fingerprint density at radius 1 is 1.17 bits per heavy atom. The molecule has 1 aliphatic rings. The monoisotopic (exact) mass is 276 g/mol. The van der Waals surface area contributed by atoms with Gasteiger partial charge in [-0.15, -0.1) is 0 Å². The van der Waals surface area contributed by atoms with Crippen molar-refractivity contribution in [2.75, 3.05) is 13.2 Å². The van der Waals surface area contributed by atoms with Crippen LogP contribution in [-0.4, -0.2) is 13.2 Å². The second-order valence-electron chi connectivity index (χ2n) is 2.60. The predicted octanol–water partition coefficient (Wildman–Crippen LogP) is 2.34. The molecule has 1 fully saturated rings. The molecule has 64 valence electrons. The third-order valence-electron chi connectivity index (χ3n) is 1.78. The fourth-order valence-electron chi connectivity index (χ4n) is 1.20. The van der Waals surface area contributed by atoms with Gasteiger partial charge in [-0.1, -0.05) is 18.2 Å². The van der Waals surface area contributed by atoms with E-state index in [9.17, 15) is 0 Å². The molecule has 1 aliphatic heterocycles. The van der Waals surface area contributed by atoms with Crippen molar-refractivity contribution in [3.05, 3.63) is 33.4 Å². The fraction of sp³-hybridized carbons (Fsp3) is 0.333. The zero-order chi connectivity index (χ0) is 8.39. The van der Waals surface area contributed by atoms with E-state index in [1.54, 1.807) is 0 Å². The van der Waals surface area contributed by atoms with E-state index in [4.69, 9.17) is 9.47 Å². The second-order valence-corrected chi connectivity index (χ2v) is 3.76. The van der Waals surface area contributed by atoms with Crippen LogP contribution in [0.4, 0.5) is 0 Å². The Morgan fingerprint density at radius 3 is 2.50 bits per heavy atom. The van der Waals surface area contributed by atoms with Crippen LogP contribution in [0.5, 0.6) is 0 Å². The largest absolute Gasteiger partial charge is 0.346 e. The van der Waals surface area contributed by atoms with E-state index in [1.807, 2.05) is 18.2 Å². The standard InChI is InChI=1S/C9H9IO2/c10-8-4-2-1-3-7(8)9-11-5-6-12-9/h1-4,9H,5-6H2. The van der Waals surface area contributed by atoms with E-state index in [1.165, 1.54) is 3.57 Å². The zero-order valence-corrected chi connectivity index (χ0v) is 8.65. The first kappa shape index (κ1) is 8.47. The van der Waals surface area contributed by atoms with Gasteiger partial charge in [0.15, 0.2) is 6.29 Å². The Balaban J connectivity index is 2.26. The summed E-state index contributed by atoms with van der Waals surface area (Å²) in [4.78, 5) is 0. The first-order valence-corrected chi connectivity index (χ1v) is 4.93. The van der Waals surface area contributed by atoms with Crippen LogP contribution < -0.4 is 0 Å². The molecule has 0 radical (unpaired) electrons. The highest BCUT2D eigenvalue weighted by atomic mass is 127. The lowest BCUT2D eigenvalue weighted by atomic mass is 10.2. The van der Waals surface area contributed by atoms with E-state index in [-0.39, 0.29) is 6.29 Å². The summed E-state index contributed by atoms with van der Waals surface area (Å²) in [6.07, 6.45) is -0.141. The lowest BCUT2D eigenvalue weighted by molar-refractivity contribution is -0.0447. The lowest BCUT2D eigenvalue weighted by Gasteiger charge is -2.10. The van der Waals surface area contributed by atoms with Crippen LogP contribution in [0.3, 0.4) is 0 Å². The topological polar surface area (TPSA) is 18.5 Å². The van der Waals surface area contributed by atoms with Crippen molar-refractivity contribution in [2.24, 2.45) is 0 Å². The highest BCUT2D eigenvalue weighted by molar-refractivity contribution is 14.1. The smallest absolute Gasteiger partial charge is 0.185 e. The Kier molecular flexibility index (Phi) is 2.63. The van der Waals surface area contributed by atoms with Crippen molar-refractivity contribution in [2.45, 2.75) is 6.29 Å². The van der Waals surface area contributed by atoms with E-state index < -0.39 is 0 Å². The van der Waals surface area contributed by atoms with Crippen molar-refractivity contribution < 1.29 is 9.47 Å². The van der Waals surface area contributed by atoms with Crippen molar-refractivity contribution in [1.29, 1.82) is 0 Å². The van der Waals surface area contributed by atoms with Crippen LogP contribution in [0.15, 0.2) is 24.3 Å². The molecule has 0 unspecified atom stereocenters. The van der Waals surface area contributed by atoms with Crippen molar-refractivity contribution in [3.8, 4) is 0 Å².